The number of oxazole rings is 1. The van der Waals surface area contributed by atoms with Crippen LogP contribution in [0.4, 0.5) is 16.2 Å². The number of urea groups is 1. The minimum Gasteiger partial charge on any atom is -0.441 e. The number of hydrogen-bond acceptors (Lipinski definition) is 4. The largest absolute Gasteiger partial charge is 0.441 e. The molecule has 1 aromatic heterocycles. The van der Waals surface area contributed by atoms with Crippen LogP contribution in [-0.4, -0.2) is 34.9 Å². The third-order valence-corrected chi connectivity index (χ3v) is 5.81. The summed E-state index contributed by atoms with van der Waals surface area (Å²) in [5.41, 5.74) is 2.25. The number of rotatable bonds is 6. The molecule has 2 N–H and O–H groups in total. The predicted octanol–water partition coefficient (Wildman–Crippen LogP) is 5.97. The van der Waals surface area contributed by atoms with Gasteiger partial charge in [-0.1, -0.05) is 24.4 Å². The molecule has 8 heteroatoms. The molecular formula is C25H27ClN4O3. The van der Waals surface area contributed by atoms with Crippen LogP contribution in [0.3, 0.4) is 0 Å². The third-order valence-electron chi connectivity index (χ3n) is 5.56. The van der Waals surface area contributed by atoms with E-state index < -0.39 is 0 Å². The van der Waals surface area contributed by atoms with E-state index in [0.29, 0.717) is 34.5 Å². The van der Waals surface area contributed by atoms with Gasteiger partial charge in [0, 0.05) is 47.9 Å². The first-order valence-corrected chi connectivity index (χ1v) is 11.6. The van der Waals surface area contributed by atoms with Gasteiger partial charge in [-0.25, -0.2) is 9.78 Å². The number of halogens is 1. The van der Waals surface area contributed by atoms with E-state index in [9.17, 15) is 9.59 Å². The maximum Gasteiger partial charge on any atom is 0.321 e. The van der Waals surface area contributed by atoms with Gasteiger partial charge in [0.2, 0.25) is 5.91 Å². The second-order valence-electron chi connectivity index (χ2n) is 8.08. The highest BCUT2D eigenvalue weighted by Crippen LogP contribution is 2.23. The molecule has 0 atom stereocenters. The second kappa shape index (κ2) is 11.0. The zero-order valence-corrected chi connectivity index (χ0v) is 19.1. The summed E-state index contributed by atoms with van der Waals surface area (Å²) in [5, 5.41) is 6.45. The summed E-state index contributed by atoms with van der Waals surface area (Å²) in [4.78, 5) is 30.9. The van der Waals surface area contributed by atoms with Crippen molar-refractivity contribution in [2.75, 3.05) is 23.7 Å². The van der Waals surface area contributed by atoms with Gasteiger partial charge in [0.1, 0.15) is 0 Å². The molecule has 1 fully saturated rings. The summed E-state index contributed by atoms with van der Waals surface area (Å²) in [6.07, 6.45) is 6.74. The highest BCUT2D eigenvalue weighted by atomic mass is 35.5. The third kappa shape index (κ3) is 6.58. The molecule has 7 nitrogen and oxygen atoms in total. The monoisotopic (exact) mass is 466 g/mol. The number of nitrogens with zero attached hydrogens (tertiary/aromatic N) is 2. The van der Waals surface area contributed by atoms with Crippen LogP contribution in [0.1, 0.15) is 38.0 Å². The molecule has 0 unspecified atom stereocenters. The van der Waals surface area contributed by atoms with E-state index in [1.54, 1.807) is 42.6 Å². The van der Waals surface area contributed by atoms with Crippen LogP contribution in [0.25, 0.3) is 11.3 Å². The quantitative estimate of drug-likeness (QED) is 0.468. The fourth-order valence-electron chi connectivity index (χ4n) is 3.73. The zero-order valence-electron chi connectivity index (χ0n) is 18.4. The van der Waals surface area contributed by atoms with Crippen molar-refractivity contribution in [3.8, 4) is 11.3 Å². The van der Waals surface area contributed by atoms with Gasteiger partial charge < -0.3 is 20.0 Å². The first-order valence-electron chi connectivity index (χ1n) is 11.2. The molecule has 0 radical (unpaired) electrons. The topological polar surface area (TPSA) is 87.5 Å². The molecule has 2 aromatic carbocycles. The molecule has 1 saturated heterocycles. The van der Waals surface area contributed by atoms with E-state index in [-0.39, 0.29) is 18.4 Å². The minimum atomic E-state index is -0.136. The van der Waals surface area contributed by atoms with Gasteiger partial charge in [-0.3, -0.25) is 4.79 Å². The van der Waals surface area contributed by atoms with Gasteiger partial charge in [0.25, 0.3) is 0 Å². The van der Waals surface area contributed by atoms with Gasteiger partial charge in [-0.15, -0.1) is 0 Å². The number of amides is 3. The highest BCUT2D eigenvalue weighted by molar-refractivity contribution is 6.30. The van der Waals surface area contributed by atoms with Gasteiger partial charge >= 0.3 is 6.03 Å². The molecule has 33 heavy (non-hydrogen) atoms. The summed E-state index contributed by atoms with van der Waals surface area (Å²) in [6.45, 7) is 1.59. The molecule has 2 heterocycles. The van der Waals surface area contributed by atoms with E-state index in [4.69, 9.17) is 16.0 Å². The smallest absolute Gasteiger partial charge is 0.321 e. The van der Waals surface area contributed by atoms with Crippen molar-refractivity contribution in [3.63, 3.8) is 0 Å². The van der Waals surface area contributed by atoms with Crippen LogP contribution < -0.4 is 10.6 Å². The Balaban J connectivity index is 1.24. The number of benzene rings is 2. The van der Waals surface area contributed by atoms with E-state index in [1.807, 2.05) is 17.0 Å². The van der Waals surface area contributed by atoms with E-state index in [1.165, 1.54) is 12.8 Å². The van der Waals surface area contributed by atoms with E-state index in [2.05, 4.69) is 15.6 Å². The van der Waals surface area contributed by atoms with E-state index in [0.717, 1.165) is 31.5 Å². The van der Waals surface area contributed by atoms with Crippen LogP contribution in [0.2, 0.25) is 5.02 Å². The predicted molar refractivity (Wildman–Crippen MR) is 129 cm³/mol. The van der Waals surface area contributed by atoms with Crippen LogP contribution in [-0.2, 0) is 11.2 Å². The molecule has 1 aliphatic heterocycles. The number of likely N-dealkylation sites (tertiary alicyclic amines) is 1. The average molecular weight is 467 g/mol. The first kappa shape index (κ1) is 22.9. The Labute approximate surface area is 198 Å². The Morgan fingerprint density at radius 3 is 2.21 bits per heavy atom. The Kier molecular flexibility index (Phi) is 7.62. The van der Waals surface area contributed by atoms with Gasteiger partial charge in [-0.05, 0) is 61.4 Å². The number of carbonyl (C=O) groups excluding carboxylic acids is 2. The van der Waals surface area contributed by atoms with E-state index >= 15 is 0 Å². The Morgan fingerprint density at radius 2 is 1.55 bits per heavy atom. The number of anilines is 2. The molecule has 1 aliphatic rings. The Hall–Kier alpha value is -3.32. The first-order chi connectivity index (χ1) is 16.1. The Morgan fingerprint density at radius 1 is 0.909 bits per heavy atom. The Bertz CT molecular complexity index is 1070. The lowest BCUT2D eigenvalue weighted by atomic mass is 10.2. The van der Waals surface area contributed by atoms with Crippen LogP contribution in [0, 0.1) is 0 Å². The number of aryl methyl sites for hydroxylation is 1. The summed E-state index contributed by atoms with van der Waals surface area (Å²) in [5.74, 6) is 1.00. The number of hydrogen-bond donors (Lipinski definition) is 2. The lowest BCUT2D eigenvalue weighted by molar-refractivity contribution is -0.116. The molecular weight excluding hydrogens is 440 g/mol. The van der Waals surface area contributed by atoms with Gasteiger partial charge in [0.15, 0.2) is 11.7 Å². The molecule has 4 rings (SSSR count). The summed E-state index contributed by atoms with van der Waals surface area (Å²) >= 11 is 5.91. The van der Waals surface area contributed by atoms with Crippen molar-refractivity contribution in [2.45, 2.75) is 38.5 Å². The average Bonchev–Trinajstić information content (AvgIpc) is 3.12. The highest BCUT2D eigenvalue weighted by Gasteiger charge is 2.15. The van der Waals surface area contributed by atoms with Crippen LogP contribution >= 0.6 is 11.6 Å². The van der Waals surface area contributed by atoms with Crippen molar-refractivity contribution in [3.05, 3.63) is 65.6 Å². The summed E-state index contributed by atoms with van der Waals surface area (Å²) in [6, 6.07) is 14.4. The normalized spacial score (nSPS) is 13.9. The minimum absolute atomic E-state index is 0.0717. The van der Waals surface area contributed by atoms with Gasteiger partial charge in [0.05, 0.1) is 6.20 Å². The number of aromatic nitrogens is 1. The maximum atomic E-state index is 12.4. The van der Waals surface area contributed by atoms with Crippen molar-refractivity contribution in [2.24, 2.45) is 0 Å². The van der Waals surface area contributed by atoms with Crippen molar-refractivity contribution in [1.82, 2.24) is 9.88 Å². The molecule has 172 valence electrons. The fourth-order valence-corrected chi connectivity index (χ4v) is 3.86. The van der Waals surface area contributed by atoms with Crippen LogP contribution in [0.5, 0.6) is 0 Å². The SMILES string of the molecule is O=C(CCc1ncc(-c2ccc(Cl)cc2)o1)Nc1ccc(NC(=O)N2CCCCCC2)cc1. The summed E-state index contributed by atoms with van der Waals surface area (Å²) < 4.78 is 5.74. The lowest BCUT2D eigenvalue weighted by Crippen LogP contribution is -2.35. The summed E-state index contributed by atoms with van der Waals surface area (Å²) in [7, 11) is 0. The van der Waals surface area contributed by atoms with Crippen LogP contribution in [0.15, 0.2) is 59.1 Å². The number of carbonyl (C=O) groups is 2. The lowest BCUT2D eigenvalue weighted by Gasteiger charge is -2.20. The van der Waals surface area contributed by atoms with Crippen molar-refractivity contribution >= 4 is 34.9 Å². The fraction of sp³-hybridized carbons (Fsp3) is 0.320. The molecule has 0 bridgehead atoms. The molecule has 0 saturated carbocycles. The van der Waals surface area contributed by atoms with Gasteiger partial charge in [-0.2, -0.15) is 0 Å². The standard InChI is InChI=1S/C25H27ClN4O3/c26-19-7-5-18(6-8-19)22-17-27-24(33-22)14-13-23(31)28-20-9-11-21(12-10-20)29-25(32)30-15-3-1-2-4-16-30/h5-12,17H,1-4,13-16H2,(H,28,31)(H,29,32). The molecule has 3 aromatic rings. The molecule has 3 amide bonds. The maximum absolute atomic E-state index is 12.4. The van der Waals surface area contributed by atoms with Crippen molar-refractivity contribution in [1.29, 1.82) is 0 Å². The molecule has 0 aliphatic carbocycles. The second-order valence-corrected chi connectivity index (χ2v) is 8.52. The zero-order chi connectivity index (χ0) is 23.0. The van der Waals surface area contributed by atoms with Crippen molar-refractivity contribution < 1.29 is 14.0 Å². The molecule has 0 spiro atoms. The number of nitrogens with one attached hydrogen (secondary N) is 2.